The smallest absolute Gasteiger partial charge is 0.254 e. The predicted molar refractivity (Wildman–Crippen MR) is 84.0 cm³/mol. The second-order valence-corrected chi connectivity index (χ2v) is 6.22. The maximum Gasteiger partial charge on any atom is 0.254 e. The molecule has 3 nitrogen and oxygen atoms in total. The van der Waals surface area contributed by atoms with Crippen LogP contribution in [0.2, 0.25) is 0 Å². The number of nitrogens with one attached hydrogen (secondary N) is 1. The first kappa shape index (κ1) is 13.6. The minimum absolute atomic E-state index is 0.0347. The molecule has 0 radical (unpaired) electrons. The standard InChI is InChI=1S/C16H17BrN2O/c1-10-9-11(7-8-13(10)17)15-18-14-6-4-2-3-5-12(14)16(20)19-15/h7-9H,2-6H2,1H3,(H,18,19,20). The molecule has 1 aliphatic rings. The van der Waals surface area contributed by atoms with E-state index in [2.05, 4.69) is 20.9 Å². The van der Waals surface area contributed by atoms with E-state index in [9.17, 15) is 4.79 Å². The van der Waals surface area contributed by atoms with E-state index in [1.807, 2.05) is 25.1 Å². The monoisotopic (exact) mass is 332 g/mol. The van der Waals surface area contributed by atoms with Gasteiger partial charge in [0.15, 0.2) is 0 Å². The molecule has 1 aromatic heterocycles. The quantitative estimate of drug-likeness (QED) is 0.808. The van der Waals surface area contributed by atoms with E-state index in [1.54, 1.807) is 0 Å². The maximum absolute atomic E-state index is 12.3. The Hall–Kier alpha value is -1.42. The number of nitrogens with zero attached hydrogens (tertiary/aromatic N) is 1. The number of hydrogen-bond donors (Lipinski definition) is 1. The first-order valence-corrected chi connectivity index (χ1v) is 7.83. The molecule has 0 saturated carbocycles. The number of H-pyrrole nitrogens is 1. The van der Waals surface area contributed by atoms with Crippen molar-refractivity contribution in [2.75, 3.05) is 0 Å². The highest BCUT2D eigenvalue weighted by atomic mass is 79.9. The van der Waals surface area contributed by atoms with Crippen LogP contribution in [0.1, 0.15) is 36.1 Å². The molecule has 3 rings (SSSR count). The second kappa shape index (κ2) is 5.52. The average Bonchev–Trinajstić information content (AvgIpc) is 2.67. The van der Waals surface area contributed by atoms with Crippen molar-refractivity contribution >= 4 is 15.9 Å². The van der Waals surface area contributed by atoms with E-state index in [-0.39, 0.29) is 5.56 Å². The molecule has 1 N–H and O–H groups in total. The normalized spacial score (nSPS) is 14.7. The number of halogens is 1. The Morgan fingerprint density at radius 3 is 2.80 bits per heavy atom. The molecular formula is C16H17BrN2O. The summed E-state index contributed by atoms with van der Waals surface area (Å²) < 4.78 is 1.07. The van der Waals surface area contributed by atoms with Crippen molar-refractivity contribution in [3.05, 3.63) is 49.8 Å². The molecule has 1 heterocycles. The van der Waals surface area contributed by atoms with Crippen LogP contribution in [-0.2, 0) is 12.8 Å². The number of hydrogen-bond acceptors (Lipinski definition) is 2. The van der Waals surface area contributed by atoms with Gasteiger partial charge in [0, 0.05) is 15.6 Å². The summed E-state index contributed by atoms with van der Waals surface area (Å²) in [5.41, 5.74) is 4.02. The van der Waals surface area contributed by atoms with Gasteiger partial charge in [-0.1, -0.05) is 28.4 Å². The fourth-order valence-corrected chi connectivity index (χ4v) is 2.96. The molecule has 0 unspecified atom stereocenters. The van der Waals surface area contributed by atoms with E-state index in [0.717, 1.165) is 52.5 Å². The summed E-state index contributed by atoms with van der Waals surface area (Å²) in [5, 5.41) is 0. The molecule has 0 atom stereocenters. The van der Waals surface area contributed by atoms with Gasteiger partial charge in [0.05, 0.1) is 5.69 Å². The number of fused-ring (bicyclic) bond motifs is 1. The number of rotatable bonds is 1. The zero-order valence-electron chi connectivity index (χ0n) is 11.5. The lowest BCUT2D eigenvalue weighted by Gasteiger charge is -2.08. The van der Waals surface area contributed by atoms with Gasteiger partial charge in [-0.05, 0) is 50.3 Å². The fraction of sp³-hybridized carbons (Fsp3) is 0.375. The highest BCUT2D eigenvalue weighted by Crippen LogP contribution is 2.24. The van der Waals surface area contributed by atoms with Crippen molar-refractivity contribution in [1.82, 2.24) is 9.97 Å². The van der Waals surface area contributed by atoms with Gasteiger partial charge in [-0.25, -0.2) is 4.98 Å². The van der Waals surface area contributed by atoms with Crippen LogP contribution in [0.3, 0.4) is 0 Å². The van der Waals surface area contributed by atoms with Crippen LogP contribution in [0.25, 0.3) is 11.4 Å². The molecule has 0 bridgehead atoms. The summed E-state index contributed by atoms with van der Waals surface area (Å²) in [5.74, 6) is 0.686. The van der Waals surface area contributed by atoms with Crippen molar-refractivity contribution in [1.29, 1.82) is 0 Å². The zero-order chi connectivity index (χ0) is 14.1. The third kappa shape index (κ3) is 2.57. The Morgan fingerprint density at radius 2 is 2.00 bits per heavy atom. The Morgan fingerprint density at radius 1 is 1.20 bits per heavy atom. The van der Waals surface area contributed by atoms with Crippen molar-refractivity contribution in [2.45, 2.75) is 39.0 Å². The van der Waals surface area contributed by atoms with Gasteiger partial charge in [0.1, 0.15) is 5.82 Å². The molecule has 1 aromatic carbocycles. The molecule has 0 amide bonds. The predicted octanol–water partition coefficient (Wildman–Crippen LogP) is 3.78. The molecular weight excluding hydrogens is 316 g/mol. The summed E-state index contributed by atoms with van der Waals surface area (Å²) in [4.78, 5) is 19.9. The van der Waals surface area contributed by atoms with Gasteiger partial charge in [0.25, 0.3) is 5.56 Å². The zero-order valence-corrected chi connectivity index (χ0v) is 13.1. The molecule has 2 aromatic rings. The van der Waals surface area contributed by atoms with Crippen LogP contribution in [0.15, 0.2) is 27.5 Å². The topological polar surface area (TPSA) is 45.8 Å². The fourth-order valence-electron chi connectivity index (χ4n) is 2.71. The summed E-state index contributed by atoms with van der Waals surface area (Å²) in [6.07, 6.45) is 5.18. The Bertz CT molecular complexity index is 706. The first-order valence-electron chi connectivity index (χ1n) is 7.04. The third-order valence-electron chi connectivity index (χ3n) is 3.87. The van der Waals surface area contributed by atoms with E-state index >= 15 is 0 Å². The molecule has 20 heavy (non-hydrogen) atoms. The van der Waals surface area contributed by atoms with E-state index in [0.29, 0.717) is 5.82 Å². The van der Waals surface area contributed by atoms with Crippen molar-refractivity contribution in [3.8, 4) is 11.4 Å². The summed E-state index contributed by atoms with van der Waals surface area (Å²) in [7, 11) is 0. The maximum atomic E-state index is 12.3. The molecule has 0 aliphatic heterocycles. The molecule has 0 spiro atoms. The number of aromatic nitrogens is 2. The highest BCUT2D eigenvalue weighted by molar-refractivity contribution is 9.10. The van der Waals surface area contributed by atoms with E-state index < -0.39 is 0 Å². The molecule has 104 valence electrons. The van der Waals surface area contributed by atoms with Crippen molar-refractivity contribution < 1.29 is 0 Å². The second-order valence-electron chi connectivity index (χ2n) is 5.36. The number of aromatic amines is 1. The van der Waals surface area contributed by atoms with Crippen LogP contribution in [0, 0.1) is 6.92 Å². The average molecular weight is 333 g/mol. The van der Waals surface area contributed by atoms with Gasteiger partial charge in [-0.2, -0.15) is 0 Å². The van der Waals surface area contributed by atoms with Gasteiger partial charge < -0.3 is 4.98 Å². The first-order chi connectivity index (χ1) is 9.65. The summed E-state index contributed by atoms with van der Waals surface area (Å²) in [6.45, 7) is 2.04. The number of aryl methyl sites for hydroxylation is 2. The van der Waals surface area contributed by atoms with Gasteiger partial charge >= 0.3 is 0 Å². The summed E-state index contributed by atoms with van der Waals surface area (Å²) >= 11 is 3.49. The van der Waals surface area contributed by atoms with Gasteiger partial charge in [0.2, 0.25) is 0 Å². The van der Waals surface area contributed by atoms with Gasteiger partial charge in [-0.3, -0.25) is 4.79 Å². The van der Waals surface area contributed by atoms with E-state index in [1.165, 1.54) is 6.42 Å². The highest BCUT2D eigenvalue weighted by Gasteiger charge is 2.15. The van der Waals surface area contributed by atoms with Crippen LogP contribution in [0.4, 0.5) is 0 Å². The Labute approximate surface area is 126 Å². The van der Waals surface area contributed by atoms with Crippen LogP contribution >= 0.6 is 15.9 Å². The van der Waals surface area contributed by atoms with Crippen LogP contribution in [0.5, 0.6) is 0 Å². The number of benzene rings is 1. The summed E-state index contributed by atoms with van der Waals surface area (Å²) in [6, 6.07) is 6.03. The van der Waals surface area contributed by atoms with E-state index in [4.69, 9.17) is 4.98 Å². The minimum Gasteiger partial charge on any atom is -0.306 e. The largest absolute Gasteiger partial charge is 0.306 e. The van der Waals surface area contributed by atoms with Gasteiger partial charge in [-0.15, -0.1) is 0 Å². The van der Waals surface area contributed by atoms with Crippen molar-refractivity contribution in [2.24, 2.45) is 0 Å². The SMILES string of the molecule is Cc1cc(-c2nc3c(c(=O)[nH]2)CCCCC3)ccc1Br. The Kier molecular flexibility index (Phi) is 3.74. The lowest BCUT2D eigenvalue weighted by molar-refractivity contribution is 0.708. The lowest BCUT2D eigenvalue weighted by Crippen LogP contribution is -2.18. The third-order valence-corrected chi connectivity index (χ3v) is 4.76. The van der Waals surface area contributed by atoms with Crippen LogP contribution < -0.4 is 5.56 Å². The van der Waals surface area contributed by atoms with Crippen molar-refractivity contribution in [3.63, 3.8) is 0 Å². The van der Waals surface area contributed by atoms with Crippen LogP contribution in [-0.4, -0.2) is 9.97 Å². The minimum atomic E-state index is 0.0347. The lowest BCUT2D eigenvalue weighted by atomic mass is 10.1. The molecule has 4 heteroatoms. The Balaban J connectivity index is 2.10. The molecule has 0 saturated heterocycles. The molecule has 0 fully saturated rings. The molecule has 1 aliphatic carbocycles.